The van der Waals surface area contributed by atoms with Crippen LogP contribution < -0.4 is 20.7 Å². The molecule has 6 amide bonds. The first-order valence-electron chi connectivity index (χ1n) is 22.1. The topological polar surface area (TPSA) is 271 Å². The maximum Gasteiger partial charge on any atom is 0.328 e. The van der Waals surface area contributed by atoms with Gasteiger partial charge in [-0.15, -0.1) is 0 Å². The van der Waals surface area contributed by atoms with Crippen LogP contribution in [0.25, 0.3) is 6.08 Å². The number of amides is 6. The second-order valence-corrected chi connectivity index (χ2v) is 19.1. The molecule has 20 nitrogen and oxygen atoms in total. The van der Waals surface area contributed by atoms with Crippen molar-refractivity contribution in [2.24, 2.45) is 17.8 Å². The van der Waals surface area contributed by atoms with Crippen LogP contribution in [-0.4, -0.2) is 152 Å². The molecule has 10 atom stereocenters. The minimum atomic E-state index is -1.72. The van der Waals surface area contributed by atoms with Crippen LogP contribution in [0.1, 0.15) is 100 Å². The lowest BCUT2D eigenvalue weighted by Gasteiger charge is -2.47. The van der Waals surface area contributed by atoms with Gasteiger partial charge in [-0.2, -0.15) is 0 Å². The number of aliphatic hydroxyl groups excluding tert-OH is 2. The van der Waals surface area contributed by atoms with E-state index in [4.69, 9.17) is 37.4 Å². The third-order valence-electron chi connectivity index (χ3n) is 11.6. The lowest BCUT2D eigenvalue weighted by atomic mass is 9.90. The van der Waals surface area contributed by atoms with Crippen molar-refractivity contribution in [3.8, 4) is 5.75 Å². The van der Waals surface area contributed by atoms with Gasteiger partial charge >= 0.3 is 11.9 Å². The summed E-state index contributed by atoms with van der Waals surface area (Å²) in [6.07, 6.45) is -1.54. The molecular weight excluding hydrogens is 919 g/mol. The number of likely N-dealkylation sites (tertiary alicyclic amines) is 2. The van der Waals surface area contributed by atoms with Crippen molar-refractivity contribution in [2.75, 3.05) is 14.2 Å². The number of methoxy groups -OCH3 is 2. The first-order valence-corrected chi connectivity index (χ1v) is 22.9. The summed E-state index contributed by atoms with van der Waals surface area (Å²) >= 11 is 12.4. The summed E-state index contributed by atoms with van der Waals surface area (Å²) in [6.45, 7) is 15.9. The Hall–Kier alpha value is -5.18. The Labute approximate surface area is 400 Å². The van der Waals surface area contributed by atoms with E-state index in [1.54, 1.807) is 48.5 Å². The SMILES string of the molecule is COC(=O)[C@H]1C[C@@H](C)N1C(=O)[C@H](C(C)C)N(O)C(=O)[C@H](CC(C)C)NC(=O)[C@@H]1C[C@H](OC(C)=O)[C@@H](C)N1C(=O)[C@H](CC(C)C)NC(=O)[C@@H](NC(=O)C(O)=Cc1cc(Cl)c(OC)c(Cl)c1)[C@@H](C)O. The highest BCUT2D eigenvalue weighted by Crippen LogP contribution is 2.35. The third-order valence-corrected chi connectivity index (χ3v) is 12.1. The lowest BCUT2D eigenvalue weighted by molar-refractivity contribution is -0.196. The number of hydrogen-bond acceptors (Lipinski definition) is 14. The summed E-state index contributed by atoms with van der Waals surface area (Å²) in [5.41, 5.74) is 0.199. The standard InChI is InChI=1S/C45H66Cl2N6O14/c1-20(2)13-30(49-41(59)36(25(9)54)50-40(58)34(56)18-27-16-28(46)38(65-11)29(47)17-27)42(60)52-24(8)35(67-26(10)55)19-32(52)39(57)48-31(14-21(3)4)43(61)53(64)37(22(5)6)44(62)51-23(7)15-33(51)45(63)66-12/h16-18,20-25,30-33,35-37,54,56,64H,13-15,19H2,1-12H3,(H,48,57)(H,49,59)(H,50,58)/t23-,24-,25-,30+,31+,32+,33-,35+,36+,37+/m1/s1. The monoisotopic (exact) mass is 984 g/mol. The van der Waals surface area contributed by atoms with Crippen LogP contribution in [0.3, 0.4) is 0 Å². The van der Waals surface area contributed by atoms with Crippen LogP contribution in [0.4, 0.5) is 0 Å². The minimum absolute atomic E-state index is 0.0179. The van der Waals surface area contributed by atoms with E-state index in [9.17, 15) is 53.8 Å². The number of carbonyl (C=O) groups excluding carboxylic acids is 8. The third kappa shape index (κ3) is 13.9. The fourth-order valence-corrected chi connectivity index (χ4v) is 8.95. The molecule has 2 heterocycles. The van der Waals surface area contributed by atoms with Crippen LogP contribution in [0.15, 0.2) is 17.9 Å². The minimum Gasteiger partial charge on any atom is -0.503 e. The van der Waals surface area contributed by atoms with E-state index in [1.165, 1.54) is 45.1 Å². The molecule has 2 aliphatic heterocycles. The van der Waals surface area contributed by atoms with E-state index < -0.39 is 120 Å². The van der Waals surface area contributed by atoms with Gasteiger partial charge in [0.15, 0.2) is 11.5 Å². The number of rotatable bonds is 20. The van der Waals surface area contributed by atoms with Crippen LogP contribution in [-0.2, 0) is 47.8 Å². The Kier molecular flexibility index (Phi) is 20.3. The fraction of sp³-hybridized carbons (Fsp3) is 0.644. The van der Waals surface area contributed by atoms with Crippen molar-refractivity contribution in [3.05, 3.63) is 33.5 Å². The van der Waals surface area contributed by atoms with Gasteiger partial charge in [0, 0.05) is 19.4 Å². The molecule has 0 aliphatic carbocycles. The van der Waals surface area contributed by atoms with Gasteiger partial charge in [-0.25, -0.2) is 9.86 Å². The number of ether oxygens (including phenoxy) is 3. The highest BCUT2D eigenvalue weighted by atomic mass is 35.5. The molecule has 3 rings (SSSR count). The van der Waals surface area contributed by atoms with Crippen molar-refractivity contribution in [1.29, 1.82) is 0 Å². The number of benzene rings is 1. The molecule has 6 N–H and O–H groups in total. The highest BCUT2D eigenvalue weighted by Gasteiger charge is 2.51. The maximum absolute atomic E-state index is 14.7. The summed E-state index contributed by atoms with van der Waals surface area (Å²) in [6, 6.07) is -6.98. The number of nitrogens with one attached hydrogen (secondary N) is 3. The van der Waals surface area contributed by atoms with Gasteiger partial charge in [-0.3, -0.25) is 38.8 Å². The molecule has 0 saturated carbocycles. The summed E-state index contributed by atoms with van der Waals surface area (Å²) in [5.74, 6) is -8.88. The molecule has 0 bridgehead atoms. The van der Waals surface area contributed by atoms with E-state index in [1.807, 2.05) is 0 Å². The second-order valence-electron chi connectivity index (χ2n) is 18.2. The number of hydroxylamine groups is 2. The second kappa shape index (κ2) is 24.2. The van der Waals surface area contributed by atoms with E-state index in [2.05, 4.69) is 16.0 Å². The first kappa shape index (κ1) is 56.1. The van der Waals surface area contributed by atoms with Gasteiger partial charge in [0.1, 0.15) is 42.4 Å². The summed E-state index contributed by atoms with van der Waals surface area (Å²) in [5, 5.41) is 40.8. The molecule has 1 aromatic carbocycles. The van der Waals surface area contributed by atoms with Crippen molar-refractivity contribution < 1.29 is 68.0 Å². The van der Waals surface area contributed by atoms with E-state index in [0.717, 1.165) is 17.9 Å². The summed E-state index contributed by atoms with van der Waals surface area (Å²) in [7, 11) is 2.54. The molecule has 2 aliphatic rings. The Morgan fingerprint density at radius 3 is 1.88 bits per heavy atom. The summed E-state index contributed by atoms with van der Waals surface area (Å²) in [4.78, 5) is 111. The van der Waals surface area contributed by atoms with Crippen molar-refractivity contribution in [1.82, 2.24) is 30.8 Å². The zero-order valence-corrected chi connectivity index (χ0v) is 41.5. The van der Waals surface area contributed by atoms with Gasteiger partial charge in [0.05, 0.1) is 36.4 Å². The fourth-order valence-electron chi connectivity index (χ4n) is 8.30. The average Bonchev–Trinajstić information content (AvgIpc) is 3.53. The molecule has 1 aromatic rings. The Balaban J connectivity index is 1.95. The molecule has 0 spiro atoms. The highest BCUT2D eigenvalue weighted by molar-refractivity contribution is 6.37. The quantitative estimate of drug-likeness (QED) is 0.0361. The largest absolute Gasteiger partial charge is 0.503 e. The molecule has 0 unspecified atom stereocenters. The van der Waals surface area contributed by atoms with Crippen molar-refractivity contribution >= 4 is 76.7 Å². The molecule has 0 radical (unpaired) electrons. The predicted octanol–water partition coefficient (Wildman–Crippen LogP) is 3.15. The molecule has 22 heteroatoms. The van der Waals surface area contributed by atoms with Crippen LogP contribution in [0.2, 0.25) is 10.0 Å². The lowest BCUT2D eigenvalue weighted by Crippen LogP contribution is -2.66. The predicted molar refractivity (Wildman–Crippen MR) is 244 cm³/mol. The number of aliphatic hydroxyl groups is 2. The number of halogens is 2. The van der Waals surface area contributed by atoms with E-state index >= 15 is 0 Å². The molecule has 2 fully saturated rings. The first-order chi connectivity index (χ1) is 31.2. The molecule has 374 valence electrons. The van der Waals surface area contributed by atoms with E-state index in [0.29, 0.717) is 6.42 Å². The maximum atomic E-state index is 14.7. The Morgan fingerprint density at radius 2 is 1.40 bits per heavy atom. The molecule has 67 heavy (non-hydrogen) atoms. The smallest absolute Gasteiger partial charge is 0.328 e. The number of carbonyl (C=O) groups is 8. The number of esters is 2. The zero-order valence-electron chi connectivity index (χ0n) is 40.0. The number of hydrogen-bond donors (Lipinski definition) is 6. The van der Waals surface area contributed by atoms with Crippen molar-refractivity contribution in [2.45, 2.75) is 155 Å². The Morgan fingerprint density at radius 1 is 0.836 bits per heavy atom. The molecule has 0 aromatic heterocycles. The van der Waals surface area contributed by atoms with Gasteiger partial charge < -0.3 is 50.2 Å². The molecule has 2 saturated heterocycles. The Bertz CT molecular complexity index is 2030. The number of nitrogens with zero attached hydrogens (tertiary/aromatic N) is 3. The van der Waals surface area contributed by atoms with Crippen LogP contribution >= 0.6 is 23.2 Å². The van der Waals surface area contributed by atoms with Gasteiger partial charge in [0.2, 0.25) is 23.6 Å². The van der Waals surface area contributed by atoms with E-state index in [-0.39, 0.29) is 57.5 Å². The van der Waals surface area contributed by atoms with Gasteiger partial charge in [-0.05, 0) is 81.6 Å². The summed E-state index contributed by atoms with van der Waals surface area (Å²) < 4.78 is 15.5. The van der Waals surface area contributed by atoms with Crippen molar-refractivity contribution in [3.63, 3.8) is 0 Å². The van der Waals surface area contributed by atoms with Crippen LogP contribution in [0, 0.1) is 17.8 Å². The zero-order chi connectivity index (χ0) is 50.9. The van der Waals surface area contributed by atoms with Gasteiger partial charge in [0.25, 0.3) is 11.8 Å². The van der Waals surface area contributed by atoms with Crippen LogP contribution in [0.5, 0.6) is 5.75 Å². The molecular formula is C45H66Cl2N6O14. The average molecular weight is 986 g/mol. The van der Waals surface area contributed by atoms with Gasteiger partial charge in [-0.1, -0.05) is 64.7 Å². The normalized spacial score (nSPS) is 21.7.